The van der Waals surface area contributed by atoms with Gasteiger partial charge in [-0.05, 0) is 12.8 Å². The first-order valence-corrected chi connectivity index (χ1v) is 4.37. The van der Waals surface area contributed by atoms with Gasteiger partial charge in [0.15, 0.2) is 0 Å². The fraction of sp³-hybridized carbons (Fsp3) is 1.00. The van der Waals surface area contributed by atoms with Crippen LogP contribution in [0, 0.1) is 0 Å². The smallest absolute Gasteiger partial charge is 0.0662 e. The Morgan fingerprint density at radius 3 is 2.55 bits per heavy atom. The van der Waals surface area contributed by atoms with E-state index in [9.17, 15) is 0 Å². The number of hydrogen-bond acceptors (Lipinski definition) is 3. The van der Waals surface area contributed by atoms with E-state index in [-0.39, 0.29) is 12.3 Å². The third-order valence-corrected chi connectivity index (χ3v) is 1.69. The maximum atomic E-state index is 9.16. The van der Waals surface area contributed by atoms with E-state index in [2.05, 4.69) is 12.2 Å². The largest absolute Gasteiger partial charge is 0.392 e. The summed E-state index contributed by atoms with van der Waals surface area (Å²) in [6, 6.07) is 0. The van der Waals surface area contributed by atoms with Gasteiger partial charge in [-0.15, -0.1) is 0 Å². The summed E-state index contributed by atoms with van der Waals surface area (Å²) >= 11 is 0. The summed E-state index contributed by atoms with van der Waals surface area (Å²) in [4.78, 5) is 0. The van der Waals surface area contributed by atoms with Crippen LogP contribution in [0.2, 0.25) is 0 Å². The summed E-state index contributed by atoms with van der Waals surface area (Å²) in [5.74, 6) is 0. The normalized spacial score (nSPS) is 16.4. The first-order chi connectivity index (χ1) is 5.20. The van der Waals surface area contributed by atoms with E-state index in [0.29, 0.717) is 6.54 Å². The molecule has 0 heterocycles. The van der Waals surface area contributed by atoms with Crippen LogP contribution >= 0.6 is 0 Å². The minimum absolute atomic E-state index is 0.0428. The lowest BCUT2D eigenvalue weighted by molar-refractivity contribution is 0.162. The zero-order valence-electron chi connectivity index (χ0n) is 7.51. The molecule has 0 saturated heterocycles. The van der Waals surface area contributed by atoms with Crippen LogP contribution in [-0.4, -0.2) is 23.9 Å². The molecule has 0 bridgehead atoms. The average molecular weight is 160 g/mol. The molecule has 0 fully saturated rings. The Morgan fingerprint density at radius 2 is 2.09 bits per heavy atom. The van der Waals surface area contributed by atoms with E-state index >= 15 is 0 Å². The average Bonchev–Trinajstić information content (AvgIpc) is 2.01. The minimum Gasteiger partial charge on any atom is -0.392 e. The van der Waals surface area contributed by atoms with Crippen molar-refractivity contribution in [1.29, 1.82) is 0 Å². The van der Waals surface area contributed by atoms with Crippen molar-refractivity contribution in [2.24, 2.45) is 5.73 Å². The highest BCUT2D eigenvalue weighted by Crippen LogP contribution is 1.91. The van der Waals surface area contributed by atoms with Crippen LogP contribution in [0.15, 0.2) is 0 Å². The highest BCUT2D eigenvalue weighted by molar-refractivity contribution is 4.62. The SMILES string of the molecule is CCCC(N)NCC(O)CC. The summed E-state index contributed by atoms with van der Waals surface area (Å²) in [7, 11) is 0. The van der Waals surface area contributed by atoms with Gasteiger partial charge in [0, 0.05) is 6.54 Å². The lowest BCUT2D eigenvalue weighted by atomic mass is 10.2. The molecule has 0 aromatic rings. The second kappa shape index (κ2) is 6.58. The molecule has 4 N–H and O–H groups in total. The summed E-state index contributed by atoms with van der Waals surface area (Å²) in [5.41, 5.74) is 5.66. The van der Waals surface area contributed by atoms with Crippen LogP contribution in [0.1, 0.15) is 33.1 Å². The predicted octanol–water partition coefficient (Wildman–Crippen LogP) is 0.432. The fourth-order valence-corrected chi connectivity index (χ4v) is 0.845. The molecule has 0 aliphatic carbocycles. The number of aliphatic hydroxyl groups excluding tert-OH is 1. The van der Waals surface area contributed by atoms with Crippen molar-refractivity contribution in [1.82, 2.24) is 5.32 Å². The lowest BCUT2D eigenvalue weighted by Gasteiger charge is -2.14. The summed E-state index contributed by atoms with van der Waals surface area (Å²) in [6.45, 7) is 4.66. The number of nitrogens with one attached hydrogen (secondary N) is 1. The van der Waals surface area contributed by atoms with Gasteiger partial charge in [0.1, 0.15) is 0 Å². The quantitative estimate of drug-likeness (QED) is 0.494. The molecule has 0 aliphatic heterocycles. The van der Waals surface area contributed by atoms with Crippen LogP contribution in [0.5, 0.6) is 0 Å². The predicted molar refractivity (Wildman–Crippen MR) is 47.2 cm³/mol. The molecule has 11 heavy (non-hydrogen) atoms. The Labute approximate surface area is 69.0 Å². The van der Waals surface area contributed by atoms with Crippen molar-refractivity contribution >= 4 is 0 Å². The maximum Gasteiger partial charge on any atom is 0.0662 e. The van der Waals surface area contributed by atoms with E-state index in [0.717, 1.165) is 19.3 Å². The Hall–Kier alpha value is -0.120. The standard InChI is InChI=1S/C8H20N2O/c1-3-5-8(9)10-6-7(11)4-2/h7-8,10-11H,3-6,9H2,1-2H3. The molecule has 0 saturated carbocycles. The Balaban J connectivity index is 3.22. The number of aliphatic hydroxyl groups is 1. The van der Waals surface area contributed by atoms with Crippen LogP contribution < -0.4 is 11.1 Å². The molecule has 0 radical (unpaired) electrons. The molecule has 68 valence electrons. The van der Waals surface area contributed by atoms with Gasteiger partial charge in [-0.25, -0.2) is 0 Å². The van der Waals surface area contributed by atoms with Gasteiger partial charge in [-0.3, -0.25) is 5.32 Å². The lowest BCUT2D eigenvalue weighted by Crippen LogP contribution is -2.41. The van der Waals surface area contributed by atoms with Gasteiger partial charge < -0.3 is 10.8 Å². The van der Waals surface area contributed by atoms with Gasteiger partial charge in [0.2, 0.25) is 0 Å². The molecule has 3 heteroatoms. The second-order valence-corrected chi connectivity index (χ2v) is 2.87. The van der Waals surface area contributed by atoms with E-state index < -0.39 is 0 Å². The third-order valence-electron chi connectivity index (χ3n) is 1.69. The number of rotatable bonds is 6. The second-order valence-electron chi connectivity index (χ2n) is 2.87. The van der Waals surface area contributed by atoms with Crippen molar-refractivity contribution in [2.75, 3.05) is 6.54 Å². The van der Waals surface area contributed by atoms with Crippen molar-refractivity contribution in [3.63, 3.8) is 0 Å². The summed E-state index contributed by atoms with van der Waals surface area (Å²) in [6.07, 6.45) is 2.62. The van der Waals surface area contributed by atoms with E-state index in [1.54, 1.807) is 0 Å². The molecular formula is C8H20N2O. The van der Waals surface area contributed by atoms with Crippen molar-refractivity contribution in [3.05, 3.63) is 0 Å². The summed E-state index contributed by atoms with van der Waals surface area (Å²) < 4.78 is 0. The number of nitrogens with two attached hydrogens (primary N) is 1. The van der Waals surface area contributed by atoms with Gasteiger partial charge in [0.25, 0.3) is 0 Å². The van der Waals surface area contributed by atoms with Crippen molar-refractivity contribution in [2.45, 2.75) is 45.4 Å². The van der Waals surface area contributed by atoms with E-state index in [1.165, 1.54) is 0 Å². The Bertz CT molecular complexity index is 88.2. The fourth-order valence-electron chi connectivity index (χ4n) is 0.845. The minimum atomic E-state index is -0.252. The molecule has 0 amide bonds. The van der Waals surface area contributed by atoms with Crippen LogP contribution in [0.3, 0.4) is 0 Å². The highest BCUT2D eigenvalue weighted by Gasteiger charge is 2.03. The van der Waals surface area contributed by atoms with Crippen molar-refractivity contribution in [3.8, 4) is 0 Å². The topological polar surface area (TPSA) is 58.3 Å². The number of hydrogen-bond donors (Lipinski definition) is 3. The Kier molecular flexibility index (Phi) is 6.51. The summed E-state index contributed by atoms with van der Waals surface area (Å²) in [5, 5.41) is 12.2. The van der Waals surface area contributed by atoms with Gasteiger partial charge in [-0.1, -0.05) is 20.3 Å². The molecule has 0 aromatic carbocycles. The van der Waals surface area contributed by atoms with Crippen molar-refractivity contribution < 1.29 is 5.11 Å². The van der Waals surface area contributed by atoms with Gasteiger partial charge in [-0.2, -0.15) is 0 Å². The molecule has 0 aromatic heterocycles. The van der Waals surface area contributed by atoms with Gasteiger partial charge in [0.05, 0.1) is 12.3 Å². The van der Waals surface area contributed by atoms with Crippen LogP contribution in [0.4, 0.5) is 0 Å². The molecule has 0 rings (SSSR count). The molecule has 0 aliphatic rings. The maximum absolute atomic E-state index is 9.16. The highest BCUT2D eigenvalue weighted by atomic mass is 16.3. The Morgan fingerprint density at radius 1 is 1.45 bits per heavy atom. The zero-order chi connectivity index (χ0) is 8.69. The molecule has 2 atom stereocenters. The molecule has 3 nitrogen and oxygen atoms in total. The molecule has 2 unspecified atom stereocenters. The van der Waals surface area contributed by atoms with E-state index in [4.69, 9.17) is 10.8 Å². The molecular weight excluding hydrogens is 140 g/mol. The molecule has 0 spiro atoms. The third kappa shape index (κ3) is 6.28. The first-order valence-electron chi connectivity index (χ1n) is 4.37. The van der Waals surface area contributed by atoms with Crippen LogP contribution in [-0.2, 0) is 0 Å². The first kappa shape index (κ1) is 10.9. The van der Waals surface area contributed by atoms with E-state index in [1.807, 2.05) is 6.92 Å². The zero-order valence-corrected chi connectivity index (χ0v) is 7.51. The van der Waals surface area contributed by atoms with Crippen LogP contribution in [0.25, 0.3) is 0 Å². The monoisotopic (exact) mass is 160 g/mol. The van der Waals surface area contributed by atoms with Gasteiger partial charge >= 0.3 is 0 Å².